The Morgan fingerprint density at radius 2 is 1.59 bits per heavy atom. The van der Waals surface area contributed by atoms with E-state index in [9.17, 15) is 18.0 Å². The van der Waals surface area contributed by atoms with Crippen molar-refractivity contribution in [3.8, 4) is 0 Å². The molecule has 1 aromatic carbocycles. The van der Waals surface area contributed by atoms with Crippen molar-refractivity contribution in [3.63, 3.8) is 0 Å². The molecule has 2 fully saturated rings. The van der Waals surface area contributed by atoms with E-state index < -0.39 is 22.1 Å². The Bertz CT molecular complexity index is 860. The first-order valence-electron chi connectivity index (χ1n) is 10.1. The van der Waals surface area contributed by atoms with E-state index >= 15 is 0 Å². The number of nitrogens with zero attached hydrogens (tertiary/aromatic N) is 2. The predicted molar refractivity (Wildman–Crippen MR) is 109 cm³/mol. The lowest BCUT2D eigenvalue weighted by Crippen LogP contribution is -2.40. The van der Waals surface area contributed by atoms with Gasteiger partial charge in [-0.15, -0.1) is 0 Å². The van der Waals surface area contributed by atoms with Crippen LogP contribution in [0, 0.1) is 0 Å². The molecule has 3 rings (SSSR count). The molecule has 2 aliphatic heterocycles. The number of carbonyl (C=O) groups is 2. The van der Waals surface area contributed by atoms with Crippen LogP contribution in [-0.2, 0) is 19.6 Å². The number of hydrogen-bond donors (Lipinski definition) is 0. The number of sulfonamides is 1. The van der Waals surface area contributed by atoms with Gasteiger partial charge in [0.25, 0.3) is 5.91 Å². The van der Waals surface area contributed by atoms with Crippen molar-refractivity contribution < 1.29 is 22.7 Å². The molecule has 0 bridgehead atoms. The summed E-state index contributed by atoms with van der Waals surface area (Å²) < 4.78 is 32.3. The van der Waals surface area contributed by atoms with Crippen LogP contribution in [0.2, 0.25) is 5.02 Å². The zero-order valence-electron chi connectivity index (χ0n) is 16.6. The SMILES string of the molecule is CC(OC(=O)c1cc(S(=O)(=O)N2CCCC2)ccc1Cl)C(=O)N1CCCCCC1. The zero-order valence-corrected chi connectivity index (χ0v) is 18.2. The van der Waals surface area contributed by atoms with Gasteiger partial charge in [0, 0.05) is 26.2 Å². The highest BCUT2D eigenvalue weighted by atomic mass is 35.5. The van der Waals surface area contributed by atoms with Gasteiger partial charge in [0.05, 0.1) is 15.5 Å². The molecule has 1 aromatic rings. The van der Waals surface area contributed by atoms with Crippen molar-refractivity contribution in [3.05, 3.63) is 28.8 Å². The number of benzene rings is 1. The second-order valence-corrected chi connectivity index (χ2v) is 9.89. The monoisotopic (exact) mass is 442 g/mol. The van der Waals surface area contributed by atoms with Gasteiger partial charge in [-0.25, -0.2) is 13.2 Å². The van der Waals surface area contributed by atoms with Gasteiger partial charge in [-0.1, -0.05) is 24.4 Å². The van der Waals surface area contributed by atoms with Crippen LogP contribution in [0.5, 0.6) is 0 Å². The first kappa shape index (κ1) is 22.1. The van der Waals surface area contributed by atoms with Gasteiger partial charge in [0.2, 0.25) is 10.0 Å². The molecule has 1 unspecified atom stereocenters. The molecule has 0 spiro atoms. The average molecular weight is 443 g/mol. The maximum atomic E-state index is 12.8. The number of esters is 1. The van der Waals surface area contributed by atoms with E-state index in [2.05, 4.69) is 0 Å². The van der Waals surface area contributed by atoms with Crippen LogP contribution < -0.4 is 0 Å². The van der Waals surface area contributed by atoms with Crippen molar-refractivity contribution in [2.75, 3.05) is 26.2 Å². The molecular weight excluding hydrogens is 416 g/mol. The molecule has 0 aliphatic carbocycles. The van der Waals surface area contributed by atoms with E-state index in [1.165, 1.54) is 29.4 Å². The van der Waals surface area contributed by atoms with Gasteiger partial charge in [-0.05, 0) is 50.8 Å². The largest absolute Gasteiger partial charge is 0.449 e. The molecule has 0 N–H and O–H groups in total. The van der Waals surface area contributed by atoms with Crippen molar-refractivity contribution in [2.24, 2.45) is 0 Å². The van der Waals surface area contributed by atoms with Crippen LogP contribution in [-0.4, -0.2) is 61.8 Å². The molecule has 0 saturated carbocycles. The van der Waals surface area contributed by atoms with E-state index in [0.29, 0.717) is 26.2 Å². The molecule has 7 nitrogen and oxygen atoms in total. The summed E-state index contributed by atoms with van der Waals surface area (Å²) in [4.78, 5) is 27.0. The molecular formula is C20H27ClN2O5S. The minimum atomic E-state index is -3.69. The number of rotatable bonds is 5. The normalized spacial score (nSPS) is 19.6. The lowest BCUT2D eigenvalue weighted by molar-refractivity contribution is -0.139. The van der Waals surface area contributed by atoms with Crippen molar-refractivity contribution >= 4 is 33.5 Å². The number of carbonyl (C=O) groups excluding carboxylic acids is 2. The van der Waals surface area contributed by atoms with E-state index in [4.69, 9.17) is 16.3 Å². The van der Waals surface area contributed by atoms with Crippen LogP contribution >= 0.6 is 11.6 Å². The first-order valence-corrected chi connectivity index (χ1v) is 11.9. The molecule has 1 amide bonds. The Kier molecular flexibility index (Phi) is 7.19. The Morgan fingerprint density at radius 1 is 1.00 bits per heavy atom. The van der Waals surface area contributed by atoms with Crippen LogP contribution in [0.25, 0.3) is 0 Å². The fourth-order valence-electron chi connectivity index (χ4n) is 3.72. The quantitative estimate of drug-likeness (QED) is 0.654. The summed E-state index contributed by atoms with van der Waals surface area (Å²) in [5.41, 5.74) is -0.0533. The first-order chi connectivity index (χ1) is 13.8. The third kappa shape index (κ3) is 5.10. The molecule has 1 atom stereocenters. The highest BCUT2D eigenvalue weighted by Gasteiger charge is 2.30. The van der Waals surface area contributed by atoms with Gasteiger partial charge in [0.15, 0.2) is 6.10 Å². The molecule has 2 saturated heterocycles. The second-order valence-electron chi connectivity index (χ2n) is 7.54. The summed E-state index contributed by atoms with van der Waals surface area (Å²) >= 11 is 6.13. The van der Waals surface area contributed by atoms with Gasteiger partial charge < -0.3 is 9.64 Å². The summed E-state index contributed by atoms with van der Waals surface area (Å²) in [6, 6.07) is 4.00. The van der Waals surface area contributed by atoms with Crippen LogP contribution in [0.15, 0.2) is 23.1 Å². The zero-order chi connectivity index (χ0) is 21.0. The maximum Gasteiger partial charge on any atom is 0.340 e. The van der Waals surface area contributed by atoms with E-state index in [1.54, 1.807) is 4.90 Å². The molecule has 0 radical (unpaired) electrons. The lowest BCUT2D eigenvalue weighted by atomic mass is 10.2. The standard InChI is InChI=1S/C20H27ClN2O5S/c1-15(19(24)22-10-4-2-3-5-11-22)28-20(25)17-14-16(8-9-18(17)21)29(26,27)23-12-6-7-13-23/h8-9,14-15H,2-7,10-13H2,1H3. The Labute approximate surface area is 177 Å². The van der Waals surface area contributed by atoms with Gasteiger partial charge >= 0.3 is 5.97 Å². The second kappa shape index (κ2) is 9.45. The molecule has 29 heavy (non-hydrogen) atoms. The Morgan fingerprint density at radius 3 is 2.21 bits per heavy atom. The third-order valence-electron chi connectivity index (χ3n) is 5.41. The topological polar surface area (TPSA) is 84.0 Å². The fraction of sp³-hybridized carbons (Fsp3) is 0.600. The van der Waals surface area contributed by atoms with Crippen LogP contribution in [0.4, 0.5) is 0 Å². The van der Waals surface area contributed by atoms with Crippen molar-refractivity contribution in [2.45, 2.75) is 56.4 Å². The van der Waals surface area contributed by atoms with E-state index in [1.807, 2.05) is 0 Å². The van der Waals surface area contributed by atoms with E-state index in [0.717, 1.165) is 38.5 Å². The number of amides is 1. The molecule has 2 heterocycles. The minimum absolute atomic E-state index is 0.00208. The summed E-state index contributed by atoms with van der Waals surface area (Å²) in [5.74, 6) is -1.04. The van der Waals surface area contributed by atoms with Crippen molar-refractivity contribution in [1.29, 1.82) is 0 Å². The summed E-state index contributed by atoms with van der Waals surface area (Å²) in [7, 11) is -3.69. The molecule has 0 aromatic heterocycles. The number of halogens is 1. The predicted octanol–water partition coefficient (Wildman–Crippen LogP) is 3.07. The lowest BCUT2D eigenvalue weighted by Gasteiger charge is -2.24. The average Bonchev–Trinajstić information content (AvgIpc) is 3.11. The third-order valence-corrected chi connectivity index (χ3v) is 7.63. The molecule has 160 valence electrons. The Balaban J connectivity index is 1.74. The summed E-state index contributed by atoms with van der Waals surface area (Å²) in [6.45, 7) is 3.78. The highest BCUT2D eigenvalue weighted by molar-refractivity contribution is 7.89. The van der Waals surface area contributed by atoms with Gasteiger partial charge in [0.1, 0.15) is 0 Å². The number of likely N-dealkylation sites (tertiary alicyclic amines) is 1. The maximum absolute atomic E-state index is 12.8. The fourth-order valence-corrected chi connectivity index (χ4v) is 5.46. The van der Waals surface area contributed by atoms with E-state index in [-0.39, 0.29) is 21.4 Å². The highest BCUT2D eigenvalue weighted by Crippen LogP contribution is 2.26. The van der Waals surface area contributed by atoms with Crippen molar-refractivity contribution in [1.82, 2.24) is 9.21 Å². The Hall–Kier alpha value is -1.64. The van der Waals surface area contributed by atoms with Crippen LogP contribution in [0.1, 0.15) is 55.8 Å². The van der Waals surface area contributed by atoms with Gasteiger partial charge in [-0.3, -0.25) is 4.79 Å². The smallest absolute Gasteiger partial charge is 0.340 e. The summed E-state index contributed by atoms with van der Waals surface area (Å²) in [6.07, 6.45) is 4.73. The molecule has 2 aliphatic rings. The number of ether oxygens (including phenoxy) is 1. The number of hydrogen-bond acceptors (Lipinski definition) is 5. The van der Waals surface area contributed by atoms with Crippen LogP contribution in [0.3, 0.4) is 0 Å². The van der Waals surface area contributed by atoms with Gasteiger partial charge in [-0.2, -0.15) is 4.31 Å². The minimum Gasteiger partial charge on any atom is -0.449 e. The molecule has 9 heteroatoms. The summed E-state index contributed by atoms with van der Waals surface area (Å²) in [5, 5.41) is 0.0878.